The van der Waals surface area contributed by atoms with Crippen LogP contribution in [-0.4, -0.2) is 20.7 Å². The van der Waals surface area contributed by atoms with Crippen LogP contribution in [0.2, 0.25) is 0 Å². The number of halogens is 1. The van der Waals surface area contributed by atoms with Crippen molar-refractivity contribution in [1.29, 1.82) is 0 Å². The average Bonchev–Trinajstić information content (AvgIpc) is 2.70. The van der Waals surface area contributed by atoms with E-state index in [0.717, 1.165) is 5.56 Å². The smallest absolute Gasteiger partial charge is 0.339 e. The van der Waals surface area contributed by atoms with E-state index in [0.29, 0.717) is 22.2 Å². The lowest BCUT2D eigenvalue weighted by molar-refractivity contribution is 0.0694. The van der Waals surface area contributed by atoms with Crippen molar-refractivity contribution in [3.8, 4) is 17.0 Å². The van der Waals surface area contributed by atoms with Crippen molar-refractivity contribution in [1.82, 2.24) is 4.57 Å². The quantitative estimate of drug-likeness (QED) is 0.758. The molecule has 0 saturated heterocycles. The Kier molecular flexibility index (Phi) is 3.13. The number of rotatable bonds is 2. The second kappa shape index (κ2) is 4.87. The van der Waals surface area contributed by atoms with Crippen LogP contribution in [0.5, 0.6) is 5.75 Å². The first kappa shape index (κ1) is 14.1. The average molecular weight is 299 g/mol. The van der Waals surface area contributed by atoms with Gasteiger partial charge >= 0.3 is 5.97 Å². The van der Waals surface area contributed by atoms with Gasteiger partial charge in [0.1, 0.15) is 17.1 Å². The Labute approximate surface area is 126 Å². The standard InChI is InChI=1S/C17H14FNO3/c1-9-11-7-12(17(21)22)15(20)8-14(11)19(2)16(9)10-5-3-4-6-13(10)18/h3-8,20H,1-2H3,(H,21,22). The third-order valence-electron chi connectivity index (χ3n) is 3.93. The zero-order chi connectivity index (χ0) is 16.0. The molecule has 0 atom stereocenters. The highest BCUT2D eigenvalue weighted by Gasteiger charge is 2.19. The van der Waals surface area contributed by atoms with E-state index < -0.39 is 5.97 Å². The number of hydrogen-bond acceptors (Lipinski definition) is 2. The van der Waals surface area contributed by atoms with Gasteiger partial charge < -0.3 is 14.8 Å². The van der Waals surface area contributed by atoms with Gasteiger partial charge in [-0.2, -0.15) is 0 Å². The number of carboxylic acids is 1. The number of fused-ring (bicyclic) bond motifs is 1. The van der Waals surface area contributed by atoms with Gasteiger partial charge in [-0.1, -0.05) is 12.1 Å². The Balaban J connectivity index is 2.39. The Morgan fingerprint density at radius 3 is 2.55 bits per heavy atom. The fourth-order valence-corrected chi connectivity index (χ4v) is 2.86. The van der Waals surface area contributed by atoms with E-state index in [4.69, 9.17) is 5.11 Å². The maximum atomic E-state index is 14.1. The molecule has 0 spiro atoms. The van der Waals surface area contributed by atoms with Gasteiger partial charge in [0.05, 0.1) is 11.2 Å². The van der Waals surface area contributed by atoms with Crippen LogP contribution in [-0.2, 0) is 7.05 Å². The Morgan fingerprint density at radius 1 is 1.23 bits per heavy atom. The largest absolute Gasteiger partial charge is 0.507 e. The van der Waals surface area contributed by atoms with Gasteiger partial charge in [0.15, 0.2) is 0 Å². The Hall–Kier alpha value is -2.82. The molecule has 1 aromatic heterocycles. The predicted molar refractivity (Wildman–Crippen MR) is 81.7 cm³/mol. The van der Waals surface area contributed by atoms with Crippen molar-refractivity contribution in [3.63, 3.8) is 0 Å². The number of phenols is 1. The summed E-state index contributed by atoms with van der Waals surface area (Å²) in [5.74, 6) is -1.85. The van der Waals surface area contributed by atoms with Gasteiger partial charge in [-0.05, 0) is 30.7 Å². The number of carboxylic acid groups (broad SMARTS) is 1. The number of benzene rings is 2. The van der Waals surface area contributed by atoms with Gasteiger partial charge in [-0.3, -0.25) is 0 Å². The first-order valence-corrected chi connectivity index (χ1v) is 6.72. The lowest BCUT2D eigenvalue weighted by Gasteiger charge is -2.07. The molecule has 0 saturated carbocycles. The molecule has 3 aromatic rings. The molecule has 0 aliphatic heterocycles. The van der Waals surface area contributed by atoms with Crippen LogP contribution in [0, 0.1) is 12.7 Å². The summed E-state index contributed by atoms with van der Waals surface area (Å²) >= 11 is 0. The molecule has 112 valence electrons. The van der Waals surface area contributed by atoms with Crippen LogP contribution >= 0.6 is 0 Å². The van der Waals surface area contributed by atoms with E-state index in [9.17, 15) is 14.3 Å². The normalized spacial score (nSPS) is 11.0. The molecule has 4 nitrogen and oxygen atoms in total. The SMILES string of the molecule is Cc1c(-c2ccccc2F)n(C)c2cc(O)c(C(=O)O)cc12. The van der Waals surface area contributed by atoms with Crippen molar-refractivity contribution in [2.75, 3.05) is 0 Å². The van der Waals surface area contributed by atoms with Gasteiger partial charge in [-0.25, -0.2) is 9.18 Å². The van der Waals surface area contributed by atoms with Gasteiger partial charge in [0.2, 0.25) is 0 Å². The summed E-state index contributed by atoms with van der Waals surface area (Å²) < 4.78 is 15.9. The first-order valence-electron chi connectivity index (χ1n) is 6.72. The lowest BCUT2D eigenvalue weighted by Crippen LogP contribution is -1.97. The van der Waals surface area contributed by atoms with Crippen molar-refractivity contribution in [3.05, 3.63) is 53.3 Å². The van der Waals surface area contributed by atoms with Crippen LogP contribution < -0.4 is 0 Å². The summed E-state index contributed by atoms with van der Waals surface area (Å²) in [6.45, 7) is 1.81. The fraction of sp³-hybridized carbons (Fsp3) is 0.118. The molecule has 0 fully saturated rings. The molecule has 1 heterocycles. The van der Waals surface area contributed by atoms with Gasteiger partial charge in [0.25, 0.3) is 0 Å². The molecule has 0 aliphatic carbocycles. The molecule has 3 rings (SSSR count). The molecule has 2 N–H and O–H groups in total. The molecule has 0 unspecified atom stereocenters. The fourth-order valence-electron chi connectivity index (χ4n) is 2.86. The lowest BCUT2D eigenvalue weighted by atomic mass is 10.0. The summed E-state index contributed by atoms with van der Waals surface area (Å²) in [4.78, 5) is 11.2. The number of aromatic nitrogens is 1. The third-order valence-corrected chi connectivity index (χ3v) is 3.93. The molecule has 5 heteroatoms. The minimum Gasteiger partial charge on any atom is -0.507 e. The highest BCUT2D eigenvalue weighted by molar-refractivity contribution is 6.00. The Morgan fingerprint density at radius 2 is 1.91 bits per heavy atom. The summed E-state index contributed by atoms with van der Waals surface area (Å²) in [5.41, 5.74) is 2.36. The minimum atomic E-state index is -1.20. The predicted octanol–water partition coefficient (Wildman–Crippen LogP) is 3.70. The summed E-state index contributed by atoms with van der Waals surface area (Å²) in [6.07, 6.45) is 0. The topological polar surface area (TPSA) is 62.5 Å². The highest BCUT2D eigenvalue weighted by atomic mass is 19.1. The Bertz CT molecular complexity index is 912. The zero-order valence-electron chi connectivity index (χ0n) is 12.1. The number of carbonyl (C=O) groups is 1. The van der Waals surface area contributed by atoms with Crippen molar-refractivity contribution in [2.24, 2.45) is 7.05 Å². The van der Waals surface area contributed by atoms with Crippen molar-refractivity contribution < 1.29 is 19.4 Å². The summed E-state index contributed by atoms with van der Waals surface area (Å²) in [7, 11) is 1.76. The summed E-state index contributed by atoms with van der Waals surface area (Å²) in [6, 6.07) is 9.24. The van der Waals surface area contributed by atoms with Crippen molar-refractivity contribution in [2.45, 2.75) is 6.92 Å². The number of aromatic carboxylic acids is 1. The molecule has 0 bridgehead atoms. The van der Waals surface area contributed by atoms with E-state index in [-0.39, 0.29) is 17.1 Å². The van der Waals surface area contributed by atoms with Crippen LogP contribution in [0.25, 0.3) is 22.2 Å². The number of aryl methyl sites for hydroxylation is 2. The molecular formula is C17H14FNO3. The van der Waals surface area contributed by atoms with Crippen LogP contribution in [0.3, 0.4) is 0 Å². The molecule has 0 amide bonds. The first-order chi connectivity index (χ1) is 10.4. The van der Waals surface area contributed by atoms with Gasteiger partial charge in [-0.15, -0.1) is 0 Å². The van der Waals surface area contributed by atoms with E-state index in [1.165, 1.54) is 18.2 Å². The van der Waals surface area contributed by atoms with E-state index in [2.05, 4.69) is 0 Å². The van der Waals surface area contributed by atoms with E-state index in [1.54, 1.807) is 29.8 Å². The van der Waals surface area contributed by atoms with E-state index in [1.807, 2.05) is 6.92 Å². The highest BCUT2D eigenvalue weighted by Crippen LogP contribution is 2.36. The third kappa shape index (κ3) is 1.94. The molecule has 2 aromatic carbocycles. The van der Waals surface area contributed by atoms with Crippen LogP contribution in [0.15, 0.2) is 36.4 Å². The van der Waals surface area contributed by atoms with Crippen molar-refractivity contribution >= 4 is 16.9 Å². The molecule has 22 heavy (non-hydrogen) atoms. The molecule has 0 radical (unpaired) electrons. The van der Waals surface area contributed by atoms with Crippen LogP contribution in [0.1, 0.15) is 15.9 Å². The monoisotopic (exact) mass is 299 g/mol. The second-order valence-corrected chi connectivity index (χ2v) is 5.20. The van der Waals surface area contributed by atoms with Crippen LogP contribution in [0.4, 0.5) is 4.39 Å². The maximum Gasteiger partial charge on any atom is 0.339 e. The van der Waals surface area contributed by atoms with E-state index >= 15 is 0 Å². The minimum absolute atomic E-state index is 0.165. The number of hydrogen-bond donors (Lipinski definition) is 2. The zero-order valence-corrected chi connectivity index (χ0v) is 12.1. The van der Waals surface area contributed by atoms with Gasteiger partial charge in [0, 0.05) is 24.1 Å². The number of nitrogens with zero attached hydrogens (tertiary/aromatic N) is 1. The second-order valence-electron chi connectivity index (χ2n) is 5.20. The molecular weight excluding hydrogens is 285 g/mol. The maximum absolute atomic E-state index is 14.1. The number of aromatic hydroxyl groups is 1. The summed E-state index contributed by atoms with van der Waals surface area (Å²) in [5, 5.41) is 19.7. The molecule has 0 aliphatic rings.